The fourth-order valence-electron chi connectivity index (χ4n) is 5.96. The number of aliphatic hydroxyl groups is 1. The Balaban J connectivity index is 0. The number of unbranched alkanes of at least 4 members (excludes halogenated alkanes) is 5. The molecule has 50 heavy (non-hydrogen) atoms. The Labute approximate surface area is 313 Å². The van der Waals surface area contributed by atoms with Gasteiger partial charge >= 0.3 is 15.2 Å². The molecule has 0 aromatic carbocycles. The number of rotatable bonds is 35. The Bertz CT molecular complexity index is 764. The van der Waals surface area contributed by atoms with Crippen LogP contribution in [0, 0.1) is 29.6 Å². The van der Waals surface area contributed by atoms with Gasteiger partial charge in [0.1, 0.15) is 6.35 Å². The van der Waals surface area contributed by atoms with Crippen molar-refractivity contribution in [1.29, 1.82) is 0 Å². The standard InChI is InChI=1S/C24H51O3P.C17H37O4P/c1-7-13-16-22(10-4)19-26-28(25,21-24(12-6)18-15-9-3)27-20-23(11-5)17-14-8-2;1-5-9-11-16(7-3)13-20-22(19,15-18)21-14-17(8-4)12-10-6-2/h22-24H,7-21H2,1-6H3;16-18H,5-15H2,1-4H3. The minimum absolute atomic E-state index is 0.394. The SMILES string of the molecule is CCCCC(CC)COP(=O)(CC(CC)CCCC)OCC(CC)CCCC.CCCCC(CC)COP(=O)(CO)OCC(CC)CCCC. The van der Waals surface area contributed by atoms with Crippen molar-refractivity contribution in [3.63, 3.8) is 0 Å². The molecule has 0 heterocycles. The molecule has 1 N–H and O–H groups in total. The van der Waals surface area contributed by atoms with Crippen molar-refractivity contribution >= 4 is 15.2 Å². The van der Waals surface area contributed by atoms with E-state index in [1.54, 1.807) is 0 Å². The Morgan fingerprint density at radius 1 is 0.400 bits per heavy atom. The van der Waals surface area contributed by atoms with Crippen molar-refractivity contribution in [2.75, 3.05) is 38.9 Å². The summed E-state index contributed by atoms with van der Waals surface area (Å²) in [7, 11) is -6.37. The van der Waals surface area contributed by atoms with Crippen molar-refractivity contribution < 1.29 is 32.3 Å². The fourth-order valence-corrected chi connectivity index (χ4v) is 9.31. The smallest absolute Gasteiger partial charge is 0.355 e. The molecule has 0 spiro atoms. The summed E-state index contributed by atoms with van der Waals surface area (Å²) in [5.41, 5.74) is 0. The Morgan fingerprint density at radius 3 is 0.860 bits per heavy atom. The van der Waals surface area contributed by atoms with Crippen molar-refractivity contribution in [2.24, 2.45) is 29.6 Å². The molecule has 0 bridgehead atoms. The molecule has 0 saturated heterocycles. The van der Waals surface area contributed by atoms with Crippen LogP contribution in [-0.4, -0.2) is 44.0 Å². The van der Waals surface area contributed by atoms with Crippen molar-refractivity contribution in [3.05, 3.63) is 0 Å². The molecule has 0 amide bonds. The molecule has 0 aliphatic carbocycles. The Kier molecular flexibility index (Phi) is 36.6. The van der Waals surface area contributed by atoms with Gasteiger partial charge in [0.05, 0.1) is 32.6 Å². The van der Waals surface area contributed by atoms with Crippen molar-refractivity contribution in [1.82, 2.24) is 0 Å². The van der Waals surface area contributed by atoms with Gasteiger partial charge < -0.3 is 23.2 Å². The average Bonchev–Trinajstić information content (AvgIpc) is 3.14. The molecule has 0 radical (unpaired) electrons. The van der Waals surface area contributed by atoms with E-state index in [1.807, 2.05) is 0 Å². The molecule has 0 rings (SSSR count). The van der Waals surface area contributed by atoms with E-state index in [4.69, 9.17) is 18.1 Å². The quantitative estimate of drug-likeness (QED) is 0.0644. The van der Waals surface area contributed by atoms with Gasteiger partial charge in [0.15, 0.2) is 0 Å². The van der Waals surface area contributed by atoms with E-state index in [9.17, 15) is 14.2 Å². The minimum atomic E-state index is -3.34. The van der Waals surface area contributed by atoms with Gasteiger partial charge in [-0.3, -0.25) is 9.13 Å². The van der Waals surface area contributed by atoms with Gasteiger partial charge in [-0.25, -0.2) is 0 Å². The fraction of sp³-hybridized carbons (Fsp3) is 1.00. The zero-order chi connectivity index (χ0) is 38.1. The summed E-state index contributed by atoms with van der Waals surface area (Å²) in [6, 6.07) is 0. The lowest BCUT2D eigenvalue weighted by atomic mass is 10.0. The first kappa shape index (κ1) is 52.4. The average molecular weight is 755 g/mol. The molecule has 5 unspecified atom stereocenters. The molecule has 5 atom stereocenters. The van der Waals surface area contributed by atoms with Crippen LogP contribution in [0.5, 0.6) is 0 Å². The van der Waals surface area contributed by atoms with Crippen LogP contribution < -0.4 is 0 Å². The van der Waals surface area contributed by atoms with Crippen LogP contribution in [0.25, 0.3) is 0 Å². The van der Waals surface area contributed by atoms with Gasteiger partial charge in [0, 0.05) is 0 Å². The first-order chi connectivity index (χ1) is 24.0. The summed E-state index contributed by atoms with van der Waals surface area (Å²) < 4.78 is 49.4. The summed E-state index contributed by atoms with van der Waals surface area (Å²) in [5, 5.41) is 9.40. The maximum atomic E-state index is 13.7. The highest BCUT2D eigenvalue weighted by atomic mass is 31.2. The maximum Gasteiger partial charge on any atom is 0.355 e. The van der Waals surface area contributed by atoms with Crippen LogP contribution in [0.3, 0.4) is 0 Å². The molecule has 0 aliphatic heterocycles. The second-order valence-electron chi connectivity index (χ2n) is 14.8. The van der Waals surface area contributed by atoms with E-state index in [0.717, 1.165) is 89.9 Å². The summed E-state index contributed by atoms with van der Waals surface area (Å²) in [6.07, 6.45) is 22.7. The van der Waals surface area contributed by atoms with Crippen molar-refractivity contribution in [3.8, 4) is 0 Å². The monoisotopic (exact) mass is 755 g/mol. The molecular weight excluding hydrogens is 666 g/mol. The van der Waals surface area contributed by atoms with Crippen LogP contribution in [-0.2, 0) is 27.2 Å². The summed E-state index contributed by atoms with van der Waals surface area (Å²) in [4.78, 5) is 0. The van der Waals surface area contributed by atoms with E-state index in [2.05, 4.69) is 69.2 Å². The lowest BCUT2D eigenvalue weighted by Gasteiger charge is -2.27. The molecule has 304 valence electrons. The third-order valence-electron chi connectivity index (χ3n) is 10.4. The highest BCUT2D eigenvalue weighted by molar-refractivity contribution is 7.54. The maximum absolute atomic E-state index is 13.7. The first-order valence-corrected chi connectivity index (χ1v) is 24.8. The lowest BCUT2D eigenvalue weighted by Crippen LogP contribution is -2.16. The molecule has 0 aromatic heterocycles. The van der Waals surface area contributed by atoms with Gasteiger partial charge in [-0.05, 0) is 61.7 Å². The molecule has 7 nitrogen and oxygen atoms in total. The van der Waals surface area contributed by atoms with Crippen LogP contribution in [0.15, 0.2) is 0 Å². The van der Waals surface area contributed by atoms with E-state index < -0.39 is 21.5 Å². The largest absolute Gasteiger partial charge is 0.384 e. The highest BCUT2D eigenvalue weighted by Crippen LogP contribution is 2.52. The third kappa shape index (κ3) is 27.8. The zero-order valence-electron chi connectivity index (χ0n) is 35.1. The molecule has 9 heteroatoms. The van der Waals surface area contributed by atoms with Crippen LogP contribution in [0.1, 0.15) is 198 Å². The van der Waals surface area contributed by atoms with Crippen molar-refractivity contribution in [2.45, 2.75) is 198 Å². The number of aliphatic hydroxyl groups excluding tert-OH is 1. The van der Waals surface area contributed by atoms with Gasteiger partial charge in [-0.2, -0.15) is 0 Å². The second-order valence-corrected chi connectivity index (χ2v) is 18.9. The molecular formula is C41H88O7P2. The molecule has 0 fully saturated rings. The molecule has 0 saturated carbocycles. The van der Waals surface area contributed by atoms with Gasteiger partial charge in [0.25, 0.3) is 0 Å². The van der Waals surface area contributed by atoms with E-state index in [-0.39, 0.29) is 0 Å². The van der Waals surface area contributed by atoms with E-state index in [0.29, 0.717) is 62.2 Å². The number of hydrogen-bond acceptors (Lipinski definition) is 7. The summed E-state index contributed by atoms with van der Waals surface area (Å²) in [5.74, 6) is 2.22. The van der Waals surface area contributed by atoms with Crippen LogP contribution >= 0.6 is 15.2 Å². The third-order valence-corrected chi connectivity index (χ3v) is 13.9. The molecule has 0 aliphatic rings. The second kappa shape index (κ2) is 35.0. The summed E-state index contributed by atoms with van der Waals surface area (Å²) >= 11 is 0. The summed E-state index contributed by atoms with van der Waals surface area (Å²) in [6.45, 7) is 23.9. The molecule has 0 aromatic rings. The van der Waals surface area contributed by atoms with Gasteiger partial charge in [-0.1, -0.05) is 166 Å². The topological polar surface area (TPSA) is 91.3 Å². The normalized spacial score (nSPS) is 17.2. The highest BCUT2D eigenvalue weighted by Gasteiger charge is 2.30. The minimum Gasteiger partial charge on any atom is -0.384 e. The predicted molar refractivity (Wildman–Crippen MR) is 218 cm³/mol. The zero-order valence-corrected chi connectivity index (χ0v) is 36.9. The van der Waals surface area contributed by atoms with Crippen LogP contribution in [0.4, 0.5) is 0 Å². The van der Waals surface area contributed by atoms with E-state index in [1.165, 1.54) is 38.5 Å². The van der Waals surface area contributed by atoms with Crippen LogP contribution in [0.2, 0.25) is 0 Å². The Hall–Kier alpha value is 0.260. The Morgan fingerprint density at radius 2 is 0.640 bits per heavy atom. The first-order valence-electron chi connectivity index (χ1n) is 21.4. The number of hydrogen-bond donors (Lipinski definition) is 1. The lowest BCUT2D eigenvalue weighted by molar-refractivity contribution is 0.136. The van der Waals surface area contributed by atoms with Gasteiger partial charge in [0.2, 0.25) is 0 Å². The van der Waals surface area contributed by atoms with E-state index >= 15 is 0 Å². The van der Waals surface area contributed by atoms with Gasteiger partial charge in [-0.15, -0.1) is 0 Å². The predicted octanol–water partition coefficient (Wildman–Crippen LogP) is 14.5.